The number of hydrogen-bond donors (Lipinski definition) is 2. The fraction of sp³-hybridized carbons (Fsp3) is 0.500. The Bertz CT molecular complexity index is 384. The van der Waals surface area contributed by atoms with E-state index in [1.807, 2.05) is 6.92 Å². The summed E-state index contributed by atoms with van der Waals surface area (Å²) in [7, 11) is 0. The van der Waals surface area contributed by atoms with Crippen molar-refractivity contribution in [2.75, 3.05) is 6.54 Å². The first-order chi connectivity index (χ1) is 7.63. The molecule has 6 nitrogen and oxygen atoms in total. The minimum absolute atomic E-state index is 0.400. The monoisotopic (exact) mass is 225 g/mol. The van der Waals surface area contributed by atoms with Crippen LogP contribution in [0, 0.1) is 6.92 Å². The van der Waals surface area contributed by atoms with Crippen LogP contribution >= 0.6 is 0 Å². The van der Waals surface area contributed by atoms with E-state index in [0.717, 1.165) is 0 Å². The first kappa shape index (κ1) is 12.4. The molecule has 0 aliphatic heterocycles. The van der Waals surface area contributed by atoms with Gasteiger partial charge in [-0.1, -0.05) is 18.2 Å². The molecule has 0 bridgehead atoms. The molecule has 0 spiro atoms. The molecule has 1 aromatic rings. The third-order valence-electron chi connectivity index (χ3n) is 2.00. The van der Waals surface area contributed by atoms with Crippen LogP contribution in [-0.4, -0.2) is 27.8 Å². The van der Waals surface area contributed by atoms with Gasteiger partial charge in [-0.2, -0.15) is 4.98 Å². The van der Waals surface area contributed by atoms with Gasteiger partial charge in [0.25, 0.3) is 0 Å². The van der Waals surface area contributed by atoms with Gasteiger partial charge < -0.3 is 14.9 Å². The standard InChI is InChI=1S/C10H15N3O3/c1-3-8(10(14)15)4-5-11-6-9-12-7(2)16-13-9/h4,11H,3,5-6H2,1-2H3,(H,14,15). The SMILES string of the molecule is CCC(=CCNCc1noc(C)n1)C(=O)O. The lowest BCUT2D eigenvalue weighted by Gasteiger charge is -1.99. The Hall–Kier alpha value is -1.69. The maximum atomic E-state index is 10.7. The molecule has 0 atom stereocenters. The van der Waals surface area contributed by atoms with Crippen LogP contribution < -0.4 is 5.32 Å². The molecule has 1 aromatic heterocycles. The Kier molecular flexibility index (Phi) is 4.65. The maximum absolute atomic E-state index is 10.7. The lowest BCUT2D eigenvalue weighted by atomic mass is 10.2. The van der Waals surface area contributed by atoms with Crippen LogP contribution in [0.2, 0.25) is 0 Å². The fourth-order valence-corrected chi connectivity index (χ4v) is 1.18. The molecule has 0 radical (unpaired) electrons. The number of rotatable bonds is 6. The number of nitrogens with zero attached hydrogens (tertiary/aromatic N) is 2. The predicted molar refractivity (Wildman–Crippen MR) is 56.8 cm³/mol. The molecule has 6 heteroatoms. The van der Waals surface area contributed by atoms with Gasteiger partial charge in [0, 0.05) is 19.0 Å². The average molecular weight is 225 g/mol. The molecule has 0 aliphatic carbocycles. The van der Waals surface area contributed by atoms with E-state index >= 15 is 0 Å². The van der Waals surface area contributed by atoms with E-state index < -0.39 is 5.97 Å². The van der Waals surface area contributed by atoms with E-state index in [1.165, 1.54) is 0 Å². The number of aryl methyl sites for hydroxylation is 1. The van der Waals surface area contributed by atoms with E-state index in [1.54, 1.807) is 13.0 Å². The second-order valence-corrected chi connectivity index (χ2v) is 3.25. The zero-order chi connectivity index (χ0) is 12.0. The first-order valence-electron chi connectivity index (χ1n) is 5.05. The zero-order valence-corrected chi connectivity index (χ0v) is 9.36. The summed E-state index contributed by atoms with van der Waals surface area (Å²) >= 11 is 0. The number of aliphatic carboxylic acids is 1. The number of carbonyl (C=O) groups is 1. The zero-order valence-electron chi connectivity index (χ0n) is 9.36. The summed E-state index contributed by atoms with van der Waals surface area (Å²) in [6.45, 7) is 4.46. The van der Waals surface area contributed by atoms with Crippen LogP contribution in [-0.2, 0) is 11.3 Å². The molecular weight excluding hydrogens is 210 g/mol. The third-order valence-corrected chi connectivity index (χ3v) is 2.00. The maximum Gasteiger partial charge on any atom is 0.331 e. The van der Waals surface area contributed by atoms with E-state index in [4.69, 9.17) is 9.63 Å². The lowest BCUT2D eigenvalue weighted by molar-refractivity contribution is -0.132. The van der Waals surface area contributed by atoms with Crippen molar-refractivity contribution in [3.05, 3.63) is 23.4 Å². The van der Waals surface area contributed by atoms with Crippen molar-refractivity contribution in [1.29, 1.82) is 0 Å². The van der Waals surface area contributed by atoms with Crippen LogP contribution in [0.1, 0.15) is 25.1 Å². The van der Waals surface area contributed by atoms with Gasteiger partial charge in [0.1, 0.15) is 0 Å². The molecule has 0 saturated carbocycles. The molecule has 0 aromatic carbocycles. The molecule has 2 N–H and O–H groups in total. The number of nitrogens with one attached hydrogen (secondary N) is 1. The molecule has 1 rings (SSSR count). The molecule has 0 amide bonds. The van der Waals surface area contributed by atoms with Crippen molar-refractivity contribution in [1.82, 2.24) is 15.5 Å². The minimum atomic E-state index is -0.875. The Morgan fingerprint density at radius 3 is 2.88 bits per heavy atom. The molecule has 1 heterocycles. The van der Waals surface area contributed by atoms with Crippen LogP contribution in [0.25, 0.3) is 0 Å². The number of aromatic nitrogens is 2. The highest BCUT2D eigenvalue weighted by Crippen LogP contribution is 1.99. The molecule has 0 unspecified atom stereocenters. The average Bonchev–Trinajstić information content (AvgIpc) is 2.64. The van der Waals surface area contributed by atoms with Gasteiger partial charge in [-0.3, -0.25) is 0 Å². The van der Waals surface area contributed by atoms with Gasteiger partial charge in [-0.25, -0.2) is 4.79 Å². The Labute approximate surface area is 93.4 Å². The normalized spacial score (nSPS) is 11.8. The lowest BCUT2D eigenvalue weighted by Crippen LogP contribution is -2.15. The second-order valence-electron chi connectivity index (χ2n) is 3.25. The van der Waals surface area contributed by atoms with Crippen molar-refractivity contribution in [3.63, 3.8) is 0 Å². The van der Waals surface area contributed by atoms with Gasteiger partial charge in [0.15, 0.2) is 5.82 Å². The van der Waals surface area contributed by atoms with Crippen LogP contribution in [0.4, 0.5) is 0 Å². The van der Waals surface area contributed by atoms with Crippen molar-refractivity contribution >= 4 is 5.97 Å². The van der Waals surface area contributed by atoms with Crippen LogP contribution in [0.5, 0.6) is 0 Å². The summed E-state index contributed by atoms with van der Waals surface area (Å²) in [5.74, 6) is 0.214. The van der Waals surface area contributed by atoms with E-state index in [2.05, 4.69) is 15.5 Å². The van der Waals surface area contributed by atoms with Crippen molar-refractivity contribution in [2.45, 2.75) is 26.8 Å². The van der Waals surface area contributed by atoms with E-state index in [-0.39, 0.29) is 0 Å². The second kappa shape index (κ2) is 6.02. The highest BCUT2D eigenvalue weighted by molar-refractivity contribution is 5.86. The molecule has 16 heavy (non-hydrogen) atoms. The van der Waals surface area contributed by atoms with Gasteiger partial charge >= 0.3 is 5.97 Å². The van der Waals surface area contributed by atoms with Crippen molar-refractivity contribution in [2.24, 2.45) is 0 Å². The highest BCUT2D eigenvalue weighted by atomic mass is 16.5. The highest BCUT2D eigenvalue weighted by Gasteiger charge is 2.03. The van der Waals surface area contributed by atoms with Gasteiger partial charge in [-0.15, -0.1) is 0 Å². The number of carboxylic acid groups (broad SMARTS) is 1. The minimum Gasteiger partial charge on any atom is -0.478 e. The van der Waals surface area contributed by atoms with E-state index in [9.17, 15) is 4.79 Å². The quantitative estimate of drug-likeness (QED) is 0.552. The number of carboxylic acids is 1. The van der Waals surface area contributed by atoms with Crippen molar-refractivity contribution in [3.8, 4) is 0 Å². The molecular formula is C10H15N3O3. The summed E-state index contributed by atoms with van der Waals surface area (Å²) < 4.78 is 4.79. The third kappa shape index (κ3) is 3.82. The summed E-state index contributed by atoms with van der Waals surface area (Å²) in [5, 5.41) is 15.5. The molecule has 0 fully saturated rings. The van der Waals surface area contributed by atoms with Gasteiger partial charge in [-0.05, 0) is 6.42 Å². The molecule has 0 aliphatic rings. The topological polar surface area (TPSA) is 88.3 Å². The van der Waals surface area contributed by atoms with Gasteiger partial charge in [0.05, 0.1) is 6.54 Å². The fourth-order valence-electron chi connectivity index (χ4n) is 1.18. The number of hydrogen-bond acceptors (Lipinski definition) is 5. The summed E-state index contributed by atoms with van der Waals surface area (Å²) in [6.07, 6.45) is 2.16. The van der Waals surface area contributed by atoms with Crippen LogP contribution in [0.15, 0.2) is 16.2 Å². The Morgan fingerprint density at radius 1 is 1.62 bits per heavy atom. The Balaban J connectivity index is 2.33. The largest absolute Gasteiger partial charge is 0.478 e. The predicted octanol–water partition coefficient (Wildman–Crippen LogP) is 0.889. The molecule has 0 saturated heterocycles. The smallest absolute Gasteiger partial charge is 0.331 e. The summed E-state index contributed by atoms with van der Waals surface area (Å²) in [6, 6.07) is 0. The summed E-state index contributed by atoms with van der Waals surface area (Å²) in [5.41, 5.74) is 0.400. The van der Waals surface area contributed by atoms with Crippen molar-refractivity contribution < 1.29 is 14.4 Å². The van der Waals surface area contributed by atoms with Crippen LogP contribution in [0.3, 0.4) is 0 Å². The van der Waals surface area contributed by atoms with E-state index in [0.29, 0.717) is 36.8 Å². The summed E-state index contributed by atoms with van der Waals surface area (Å²) in [4.78, 5) is 14.7. The van der Waals surface area contributed by atoms with Gasteiger partial charge in [0.2, 0.25) is 5.89 Å². The first-order valence-corrected chi connectivity index (χ1v) is 5.05. The molecule has 88 valence electrons. The Morgan fingerprint density at radius 2 is 2.38 bits per heavy atom.